The van der Waals surface area contributed by atoms with Crippen LogP contribution in [0.25, 0.3) is 0 Å². The second-order valence-corrected chi connectivity index (χ2v) is 4.95. The predicted octanol–water partition coefficient (Wildman–Crippen LogP) is 3.55. The minimum atomic E-state index is 0.627. The first kappa shape index (κ1) is 13.2. The van der Waals surface area contributed by atoms with Gasteiger partial charge in [-0.15, -0.1) is 0 Å². The van der Waals surface area contributed by atoms with Crippen LogP contribution in [0.2, 0.25) is 0 Å². The van der Waals surface area contributed by atoms with Crippen molar-refractivity contribution in [1.82, 2.24) is 0 Å². The summed E-state index contributed by atoms with van der Waals surface area (Å²) >= 11 is 0. The van der Waals surface area contributed by atoms with E-state index in [4.69, 9.17) is 5.73 Å². The van der Waals surface area contributed by atoms with Crippen LogP contribution in [-0.2, 0) is 6.42 Å². The maximum absolute atomic E-state index is 5.88. The summed E-state index contributed by atoms with van der Waals surface area (Å²) in [5, 5.41) is 0. The number of nitrogens with two attached hydrogens (primary N) is 1. The van der Waals surface area contributed by atoms with Crippen molar-refractivity contribution >= 4 is 0 Å². The van der Waals surface area contributed by atoms with E-state index < -0.39 is 0 Å². The third-order valence-corrected chi connectivity index (χ3v) is 3.47. The lowest BCUT2D eigenvalue weighted by Gasteiger charge is -2.22. The first-order valence-corrected chi connectivity index (χ1v) is 6.43. The quantitative estimate of drug-likeness (QED) is 0.778. The molecule has 0 aromatic heterocycles. The second kappa shape index (κ2) is 6.70. The first-order valence-electron chi connectivity index (χ1n) is 6.43. The van der Waals surface area contributed by atoms with Crippen molar-refractivity contribution in [3.63, 3.8) is 0 Å². The zero-order valence-electron chi connectivity index (χ0n) is 10.9. The van der Waals surface area contributed by atoms with Crippen LogP contribution < -0.4 is 5.73 Å². The Bertz CT molecular complexity index is 289. The Hall–Kier alpha value is -0.820. The van der Waals surface area contributed by atoms with Crippen LogP contribution in [0.1, 0.15) is 37.8 Å². The highest BCUT2D eigenvalue weighted by molar-refractivity contribution is 5.21. The van der Waals surface area contributed by atoms with E-state index in [0.29, 0.717) is 5.92 Å². The molecular formula is C15H25N. The molecule has 1 aromatic carbocycles. The maximum Gasteiger partial charge on any atom is -0.00431 e. The molecule has 16 heavy (non-hydrogen) atoms. The molecule has 1 heteroatoms. The zero-order chi connectivity index (χ0) is 12.0. The van der Waals surface area contributed by atoms with Gasteiger partial charge in [-0.2, -0.15) is 0 Å². The molecule has 0 bridgehead atoms. The Balaban J connectivity index is 2.59. The molecule has 90 valence electrons. The van der Waals surface area contributed by atoms with Gasteiger partial charge in [0.2, 0.25) is 0 Å². The molecule has 0 saturated carbocycles. The van der Waals surface area contributed by atoms with E-state index >= 15 is 0 Å². The van der Waals surface area contributed by atoms with Gasteiger partial charge in [0.25, 0.3) is 0 Å². The highest BCUT2D eigenvalue weighted by atomic mass is 14.6. The van der Waals surface area contributed by atoms with Crippen molar-refractivity contribution in [2.75, 3.05) is 6.54 Å². The number of hydrogen-bond acceptors (Lipinski definition) is 1. The maximum atomic E-state index is 5.88. The molecule has 0 amide bonds. The van der Waals surface area contributed by atoms with Crippen LogP contribution >= 0.6 is 0 Å². The average molecular weight is 219 g/mol. The second-order valence-electron chi connectivity index (χ2n) is 4.95. The highest BCUT2D eigenvalue weighted by Crippen LogP contribution is 2.21. The fourth-order valence-corrected chi connectivity index (χ4v) is 2.23. The minimum Gasteiger partial charge on any atom is -0.330 e. The van der Waals surface area contributed by atoms with Crippen LogP contribution in [0, 0.1) is 18.8 Å². The SMILES string of the molecule is CCCC(C)C(CN)Cc1ccc(C)cc1. The van der Waals surface area contributed by atoms with Gasteiger partial charge in [0.15, 0.2) is 0 Å². The molecule has 0 heterocycles. The van der Waals surface area contributed by atoms with Crippen molar-refractivity contribution in [3.05, 3.63) is 35.4 Å². The summed E-state index contributed by atoms with van der Waals surface area (Å²) in [6.45, 7) is 7.50. The predicted molar refractivity (Wildman–Crippen MR) is 71.5 cm³/mol. The molecule has 0 radical (unpaired) electrons. The fourth-order valence-electron chi connectivity index (χ4n) is 2.23. The van der Waals surface area contributed by atoms with Crippen LogP contribution in [0.5, 0.6) is 0 Å². The number of rotatable bonds is 6. The summed E-state index contributed by atoms with van der Waals surface area (Å²) in [6.07, 6.45) is 3.66. The van der Waals surface area contributed by atoms with E-state index in [2.05, 4.69) is 45.0 Å². The first-order chi connectivity index (χ1) is 7.67. The van der Waals surface area contributed by atoms with Crippen LogP contribution in [0.4, 0.5) is 0 Å². The zero-order valence-corrected chi connectivity index (χ0v) is 10.9. The van der Waals surface area contributed by atoms with E-state index in [1.54, 1.807) is 0 Å². The minimum absolute atomic E-state index is 0.627. The van der Waals surface area contributed by atoms with E-state index in [9.17, 15) is 0 Å². The van der Waals surface area contributed by atoms with Gasteiger partial charge in [0.1, 0.15) is 0 Å². The molecule has 2 N–H and O–H groups in total. The Kier molecular flexibility index (Phi) is 5.54. The van der Waals surface area contributed by atoms with Gasteiger partial charge < -0.3 is 5.73 Å². The summed E-state index contributed by atoms with van der Waals surface area (Å²) in [5.41, 5.74) is 8.63. The number of hydrogen-bond donors (Lipinski definition) is 1. The molecule has 0 aliphatic carbocycles. The molecule has 0 saturated heterocycles. The Labute approximate surface area is 100 Å². The lowest BCUT2D eigenvalue weighted by Crippen LogP contribution is -2.23. The van der Waals surface area contributed by atoms with Crippen molar-refractivity contribution < 1.29 is 0 Å². The van der Waals surface area contributed by atoms with E-state index in [1.807, 2.05) is 0 Å². The van der Waals surface area contributed by atoms with E-state index in [-0.39, 0.29) is 0 Å². The van der Waals surface area contributed by atoms with Crippen LogP contribution in [-0.4, -0.2) is 6.54 Å². The summed E-state index contributed by atoms with van der Waals surface area (Å²) in [5.74, 6) is 1.36. The van der Waals surface area contributed by atoms with Crippen LogP contribution in [0.15, 0.2) is 24.3 Å². The van der Waals surface area contributed by atoms with Crippen molar-refractivity contribution in [2.24, 2.45) is 17.6 Å². The Morgan fingerprint density at radius 3 is 2.31 bits per heavy atom. The standard InChI is InChI=1S/C15H25N/c1-4-5-13(3)15(11-16)10-14-8-6-12(2)7-9-14/h6-9,13,15H,4-5,10-11,16H2,1-3H3. The Morgan fingerprint density at radius 1 is 1.19 bits per heavy atom. The van der Waals surface area contributed by atoms with E-state index in [0.717, 1.165) is 18.9 Å². The topological polar surface area (TPSA) is 26.0 Å². The lowest BCUT2D eigenvalue weighted by atomic mass is 9.85. The van der Waals surface area contributed by atoms with Gasteiger partial charge >= 0.3 is 0 Å². The normalized spacial score (nSPS) is 14.8. The smallest absolute Gasteiger partial charge is 0.00431 e. The van der Waals surface area contributed by atoms with Gasteiger partial charge in [0.05, 0.1) is 0 Å². The molecule has 2 unspecified atom stereocenters. The fraction of sp³-hybridized carbons (Fsp3) is 0.600. The van der Waals surface area contributed by atoms with Crippen molar-refractivity contribution in [2.45, 2.75) is 40.0 Å². The van der Waals surface area contributed by atoms with Gasteiger partial charge in [0, 0.05) is 0 Å². The molecular weight excluding hydrogens is 194 g/mol. The molecule has 0 fully saturated rings. The number of benzene rings is 1. The van der Waals surface area contributed by atoms with Crippen molar-refractivity contribution in [1.29, 1.82) is 0 Å². The molecule has 0 aliphatic rings. The lowest BCUT2D eigenvalue weighted by molar-refractivity contribution is 0.340. The molecule has 0 spiro atoms. The number of aryl methyl sites for hydroxylation is 1. The van der Waals surface area contributed by atoms with Gasteiger partial charge in [-0.3, -0.25) is 0 Å². The third kappa shape index (κ3) is 3.97. The van der Waals surface area contributed by atoms with E-state index in [1.165, 1.54) is 24.0 Å². The molecule has 1 nitrogen and oxygen atoms in total. The highest BCUT2D eigenvalue weighted by Gasteiger charge is 2.15. The summed E-state index contributed by atoms with van der Waals surface area (Å²) < 4.78 is 0. The Morgan fingerprint density at radius 2 is 1.81 bits per heavy atom. The van der Waals surface area contributed by atoms with Crippen molar-refractivity contribution in [3.8, 4) is 0 Å². The molecule has 1 aromatic rings. The monoisotopic (exact) mass is 219 g/mol. The van der Waals surface area contributed by atoms with Crippen LogP contribution in [0.3, 0.4) is 0 Å². The average Bonchev–Trinajstić information content (AvgIpc) is 2.28. The molecule has 2 atom stereocenters. The third-order valence-electron chi connectivity index (χ3n) is 3.47. The summed E-state index contributed by atoms with van der Waals surface area (Å²) in [7, 11) is 0. The van der Waals surface area contributed by atoms with Gasteiger partial charge in [-0.05, 0) is 37.3 Å². The molecule has 1 rings (SSSR count). The summed E-state index contributed by atoms with van der Waals surface area (Å²) in [6, 6.07) is 8.84. The molecule has 0 aliphatic heterocycles. The summed E-state index contributed by atoms with van der Waals surface area (Å²) in [4.78, 5) is 0. The largest absolute Gasteiger partial charge is 0.330 e. The van der Waals surface area contributed by atoms with Gasteiger partial charge in [-0.1, -0.05) is 56.5 Å². The van der Waals surface area contributed by atoms with Gasteiger partial charge in [-0.25, -0.2) is 0 Å².